The number of carbonyl (C=O) groups excluding carboxylic acids is 6. The number of hydrogen-bond acceptors (Lipinski definition) is 25. The maximum Gasteiger partial charge on any atom is 0.469 e. The van der Waals surface area contributed by atoms with Crippen molar-refractivity contribution in [2.45, 2.75) is 128 Å². The molecule has 11 atom stereocenters. The van der Waals surface area contributed by atoms with E-state index in [4.69, 9.17) is 33.5 Å². The summed E-state index contributed by atoms with van der Waals surface area (Å²) in [6, 6.07) is 16.1. The van der Waals surface area contributed by atoms with E-state index in [9.17, 15) is 82.4 Å². The van der Waals surface area contributed by atoms with E-state index in [1.807, 2.05) is 0 Å². The highest BCUT2D eigenvalue weighted by molar-refractivity contribution is 9.09. The summed E-state index contributed by atoms with van der Waals surface area (Å²) in [4.78, 5) is 121. The summed E-state index contributed by atoms with van der Waals surface area (Å²) in [5, 5.41) is 76.9. The van der Waals surface area contributed by atoms with Gasteiger partial charge >= 0.3 is 31.8 Å². The maximum absolute atomic E-state index is 14.9. The number of fused-ring (bicyclic) bond motifs is 5. The minimum absolute atomic E-state index is 0.0212. The Morgan fingerprint density at radius 3 is 2.09 bits per heavy atom. The molecule has 2 amide bonds. The first kappa shape index (κ1) is 73.2. The molecule has 1 aliphatic heterocycles. The molecule has 3 aromatic carbocycles. The van der Waals surface area contributed by atoms with E-state index in [-0.39, 0.29) is 53.8 Å². The summed E-state index contributed by atoms with van der Waals surface area (Å²) in [7, 11) is -8.64. The molecular weight excluding hydrogens is 1310 g/mol. The highest BCUT2D eigenvalue weighted by Gasteiger charge is 2.78. The topological polar surface area (TPSA) is 453 Å². The molecule has 91 heavy (non-hydrogen) atoms. The van der Waals surface area contributed by atoms with Crippen molar-refractivity contribution in [3.8, 4) is 0 Å². The van der Waals surface area contributed by atoms with Crippen LogP contribution in [0.1, 0.15) is 101 Å². The fourth-order valence-electron chi connectivity index (χ4n) is 12.1. The lowest BCUT2D eigenvalue weighted by atomic mass is 9.44. The number of phosphoric acid groups is 1. The number of benzene rings is 3. The minimum Gasteiger partial charge on any atom is -0.456 e. The lowest BCUT2D eigenvalue weighted by molar-refractivity contribution is -0.393. The average molecular weight is 1390 g/mol. The number of amides is 2. The number of aliphatic hydroxyl groups is 4. The van der Waals surface area contributed by atoms with Crippen LogP contribution in [-0.2, 0) is 61.5 Å². The number of Topliss-reactive ketones (excluding diaryl/α,β-unsaturated/α-hetero) is 1. The molecule has 1 saturated heterocycles. The number of phosphoric ester groups is 1. The van der Waals surface area contributed by atoms with Gasteiger partial charge in [0.2, 0.25) is 0 Å². The van der Waals surface area contributed by atoms with Crippen molar-refractivity contribution in [1.82, 2.24) is 10.6 Å². The lowest BCUT2D eigenvalue weighted by Crippen LogP contribution is -2.81. The fraction of sp³-hybridized carbons (Fsp3) is 0.544. The molecule has 0 unspecified atom stereocenters. The Balaban J connectivity index is 0.000000340. The van der Waals surface area contributed by atoms with Gasteiger partial charge in [-0.15, -0.1) is 0 Å². The summed E-state index contributed by atoms with van der Waals surface area (Å²) >= 11 is 3.14. The average Bonchev–Trinajstić information content (AvgIpc) is 0.672. The van der Waals surface area contributed by atoms with Crippen molar-refractivity contribution in [1.29, 1.82) is 0 Å². The maximum atomic E-state index is 14.9. The van der Waals surface area contributed by atoms with Crippen LogP contribution in [0.3, 0.4) is 0 Å². The Kier molecular flexibility index (Phi) is 23.0. The standard InChI is InChI=1S/C43H53NO14.C14H20BrN4O12PS/c1-22-26(55-37(51)32(48)30(24-15-11-9-12-16-24)44-38(52)58-39(3,4)5)20-43(53)35(56-36(50)25-17-13-10-14-18-25)33-41(8,34(49)31(47)29(22)40(43,6)7)27(46)19-28-42(33,21-54-28)57-23(2)45;1-33(28,29)31-7-5-17(4-2-15)13-11(14(20)16-3-6-30-32(25,26)27)8-10(18(21)22)9-12(13)19(23)24/h9-18,26-28,30-33,35,46-48,53H,19-21H2,1-8H3,(H,44,52);8-9H,2-7H2,1H3,(H,16,20)(H2,25,26,27)/t26-,27-,28+,30-,31+,32+,33-,35-,41+,42-,43+;/m0./s1. The second-order valence-corrected chi connectivity index (χ2v) is 27.4. The van der Waals surface area contributed by atoms with Gasteiger partial charge in [0.25, 0.3) is 27.4 Å². The van der Waals surface area contributed by atoms with Crippen LogP contribution in [0.4, 0.5) is 21.9 Å². The number of nitro benzene ring substituents is 2. The number of nitrogens with one attached hydrogen (secondary N) is 2. The van der Waals surface area contributed by atoms with Gasteiger partial charge in [0.1, 0.15) is 41.3 Å². The molecule has 3 aliphatic carbocycles. The van der Waals surface area contributed by atoms with E-state index < -0.39 is 183 Å². The molecule has 0 radical (unpaired) electrons. The summed E-state index contributed by atoms with van der Waals surface area (Å²) in [6.07, 6.45) is -10.7. The van der Waals surface area contributed by atoms with E-state index >= 15 is 0 Å². The van der Waals surface area contributed by atoms with E-state index in [1.54, 1.807) is 83.1 Å². The number of rotatable bonds is 22. The van der Waals surface area contributed by atoms with E-state index in [1.165, 1.54) is 30.9 Å². The monoisotopic (exact) mass is 1390 g/mol. The number of alkyl halides is 1. The van der Waals surface area contributed by atoms with Crippen LogP contribution < -0.4 is 15.5 Å². The van der Waals surface area contributed by atoms with Crippen LogP contribution in [0.25, 0.3) is 0 Å². The molecule has 7 rings (SSSR count). The molecule has 2 bridgehead atoms. The number of alkyl carbamates (subject to hydrolysis) is 1. The zero-order valence-corrected chi connectivity index (χ0v) is 54.1. The highest BCUT2D eigenvalue weighted by Crippen LogP contribution is 2.64. The zero-order valence-electron chi connectivity index (χ0n) is 50.8. The van der Waals surface area contributed by atoms with Gasteiger partial charge in [0, 0.05) is 56.2 Å². The van der Waals surface area contributed by atoms with E-state index in [2.05, 4.69) is 35.3 Å². The summed E-state index contributed by atoms with van der Waals surface area (Å²) in [6.45, 7) is 10.1. The van der Waals surface area contributed by atoms with Crippen molar-refractivity contribution < 1.29 is 114 Å². The third kappa shape index (κ3) is 16.3. The molecule has 1 heterocycles. The van der Waals surface area contributed by atoms with Gasteiger partial charge in [-0.1, -0.05) is 78.3 Å². The van der Waals surface area contributed by atoms with Crippen LogP contribution in [0, 0.1) is 37.0 Å². The number of carbonyl (C=O) groups is 6. The molecule has 4 aliphatic rings. The molecular formula is C57H73BrN5O26PS. The predicted molar refractivity (Wildman–Crippen MR) is 320 cm³/mol. The predicted octanol–water partition coefficient (Wildman–Crippen LogP) is 3.78. The number of non-ortho nitro benzene ring substituents is 1. The van der Waals surface area contributed by atoms with Crippen LogP contribution in [0.15, 0.2) is 83.9 Å². The van der Waals surface area contributed by atoms with Crippen molar-refractivity contribution in [2.75, 3.05) is 55.9 Å². The molecule has 8 N–H and O–H groups in total. The third-order valence-corrected chi connectivity index (χ3v) is 17.7. The number of aliphatic hydroxyl groups excluding tert-OH is 3. The Labute approximate surface area is 530 Å². The van der Waals surface area contributed by atoms with Crippen LogP contribution >= 0.6 is 23.8 Å². The Bertz CT molecular complexity index is 3460. The molecule has 0 aromatic heterocycles. The zero-order chi connectivity index (χ0) is 68.1. The smallest absolute Gasteiger partial charge is 0.456 e. The van der Waals surface area contributed by atoms with Crippen molar-refractivity contribution in [3.63, 3.8) is 0 Å². The highest BCUT2D eigenvalue weighted by atomic mass is 79.9. The summed E-state index contributed by atoms with van der Waals surface area (Å²) in [5.41, 5.74) is -10.5. The number of nitrogens with zero attached hydrogens (tertiary/aromatic N) is 3. The van der Waals surface area contributed by atoms with Gasteiger partial charge in [-0.2, -0.15) is 8.42 Å². The fourth-order valence-corrected chi connectivity index (χ4v) is 13.2. The van der Waals surface area contributed by atoms with Crippen molar-refractivity contribution >= 4 is 86.6 Å². The SMILES string of the molecule is CC(=O)O[C@@]12CO[C@@H]1C[C@H](O)[C@@]1(C)C(=O)[C@H](O)C3=C(C)[C@@H](OC(=O)[C@H](O)[C@@H](NC(=O)OC(C)(C)C)c4ccccc4)C[C@@](O)([C@@H](OC(=O)c4ccccc4)[C@H]21)C3(C)C.CS(=O)(=O)OCCN(CCBr)c1c(C(=O)NCCOP(=O)(O)O)cc([N+](=O)[O-])cc1[N+](=O)[O-]. The van der Waals surface area contributed by atoms with E-state index in [0.717, 1.165) is 19.2 Å². The number of halogens is 1. The Hall–Kier alpha value is -6.88. The largest absolute Gasteiger partial charge is 0.469 e. The molecule has 3 fully saturated rings. The number of esters is 3. The molecule has 31 nitrogen and oxygen atoms in total. The first-order valence-electron chi connectivity index (χ1n) is 28.1. The quantitative estimate of drug-likeness (QED) is 0.00816. The molecule has 0 spiro atoms. The number of hydrogen-bond donors (Lipinski definition) is 8. The third-order valence-electron chi connectivity index (χ3n) is 16.3. The van der Waals surface area contributed by atoms with Crippen LogP contribution in [0.5, 0.6) is 0 Å². The first-order valence-corrected chi connectivity index (χ1v) is 32.6. The number of nitro groups is 2. The number of ketones is 1. The normalized spacial score (nSPS) is 25.7. The van der Waals surface area contributed by atoms with Crippen LogP contribution in [0.2, 0.25) is 0 Å². The first-order chi connectivity index (χ1) is 42.1. The minimum atomic E-state index is -4.81. The molecule has 2 saturated carbocycles. The molecule has 34 heteroatoms. The van der Waals surface area contributed by atoms with Gasteiger partial charge in [0.15, 0.2) is 17.5 Å². The summed E-state index contributed by atoms with van der Waals surface area (Å²) in [5.74, 6) is -6.40. The van der Waals surface area contributed by atoms with Crippen molar-refractivity contribution in [2.24, 2.45) is 16.7 Å². The number of ether oxygens (including phenoxy) is 5. The molecule has 3 aromatic rings. The van der Waals surface area contributed by atoms with Gasteiger partial charge in [0.05, 0.1) is 76.6 Å². The second kappa shape index (κ2) is 28.5. The van der Waals surface area contributed by atoms with Crippen molar-refractivity contribution in [3.05, 3.63) is 121 Å². The lowest BCUT2D eigenvalue weighted by Gasteiger charge is -2.67. The van der Waals surface area contributed by atoms with Gasteiger partial charge in [-0.05, 0) is 63.5 Å². The van der Waals surface area contributed by atoms with Gasteiger partial charge in [-0.3, -0.25) is 43.3 Å². The van der Waals surface area contributed by atoms with Gasteiger partial charge in [-0.25, -0.2) is 18.9 Å². The second-order valence-electron chi connectivity index (χ2n) is 23.7. The van der Waals surface area contributed by atoms with Crippen LogP contribution in [-0.4, -0.2) is 189 Å². The summed E-state index contributed by atoms with van der Waals surface area (Å²) < 4.78 is 71.5. The Morgan fingerprint density at radius 2 is 1.56 bits per heavy atom. The number of anilines is 1. The Morgan fingerprint density at radius 1 is 0.945 bits per heavy atom. The van der Waals surface area contributed by atoms with Gasteiger partial charge < -0.3 is 69.4 Å². The molecule has 500 valence electrons. The van der Waals surface area contributed by atoms with E-state index in [0.29, 0.717) is 11.6 Å².